The number of aliphatic hydroxyl groups excluding tert-OH is 1. The number of nitrogens with one attached hydrogen (secondary N) is 1. The molecule has 0 heterocycles. The summed E-state index contributed by atoms with van der Waals surface area (Å²) in [5, 5.41) is 12.7. The van der Waals surface area contributed by atoms with Gasteiger partial charge in [0.1, 0.15) is 0 Å². The van der Waals surface area contributed by atoms with Gasteiger partial charge in [0.2, 0.25) is 5.91 Å². The van der Waals surface area contributed by atoms with Gasteiger partial charge in [-0.1, -0.05) is 20.8 Å². The quantitative estimate of drug-likeness (QED) is 0.663. The molecule has 0 aliphatic heterocycles. The smallest absolute Gasteiger partial charge is 0.237 e. The van der Waals surface area contributed by atoms with Gasteiger partial charge in [-0.15, -0.1) is 0 Å². The van der Waals surface area contributed by atoms with Gasteiger partial charge in [-0.2, -0.15) is 0 Å². The molecule has 16 heavy (non-hydrogen) atoms. The summed E-state index contributed by atoms with van der Waals surface area (Å²) in [4.78, 5) is 11.7. The maximum Gasteiger partial charge on any atom is 0.237 e. The molecule has 0 aromatic rings. The fraction of sp³-hybridized carbons (Fsp3) is 0.917. The van der Waals surface area contributed by atoms with Crippen molar-refractivity contribution in [3.05, 3.63) is 0 Å². The number of nitrogens with two attached hydrogens (primary N) is 1. The maximum atomic E-state index is 11.7. The zero-order chi connectivity index (χ0) is 12.3. The van der Waals surface area contributed by atoms with Gasteiger partial charge in [-0.05, 0) is 31.1 Å². The minimum Gasteiger partial charge on any atom is -0.393 e. The molecule has 0 aromatic carbocycles. The van der Waals surface area contributed by atoms with Crippen LogP contribution in [0.5, 0.6) is 0 Å². The Hall–Kier alpha value is -0.610. The van der Waals surface area contributed by atoms with Crippen LogP contribution in [0.1, 0.15) is 40.0 Å². The molecular weight excluding hydrogens is 204 g/mol. The Bertz CT molecular complexity index is 243. The lowest BCUT2D eigenvalue weighted by atomic mass is 9.84. The van der Waals surface area contributed by atoms with Crippen molar-refractivity contribution >= 4 is 5.91 Å². The Morgan fingerprint density at radius 2 is 2.06 bits per heavy atom. The minimum absolute atomic E-state index is 0.0866. The Kier molecular flexibility index (Phi) is 4.74. The Morgan fingerprint density at radius 3 is 2.56 bits per heavy atom. The molecule has 4 unspecified atom stereocenters. The molecule has 4 N–H and O–H groups in total. The van der Waals surface area contributed by atoms with Gasteiger partial charge < -0.3 is 16.2 Å². The third-order valence-corrected chi connectivity index (χ3v) is 3.52. The zero-order valence-corrected chi connectivity index (χ0v) is 10.4. The molecule has 1 fully saturated rings. The predicted octanol–water partition coefficient (Wildman–Crippen LogP) is 0.635. The van der Waals surface area contributed by atoms with Crippen molar-refractivity contribution in [1.82, 2.24) is 5.32 Å². The van der Waals surface area contributed by atoms with Gasteiger partial charge in [-0.25, -0.2) is 0 Å². The second-order valence-corrected chi connectivity index (χ2v) is 5.33. The van der Waals surface area contributed by atoms with Crippen molar-refractivity contribution in [2.24, 2.45) is 17.6 Å². The van der Waals surface area contributed by atoms with E-state index in [4.69, 9.17) is 5.73 Å². The lowest BCUT2D eigenvalue weighted by molar-refractivity contribution is -0.124. The van der Waals surface area contributed by atoms with Crippen LogP contribution in [0.3, 0.4) is 0 Å². The summed E-state index contributed by atoms with van der Waals surface area (Å²) in [6.07, 6.45) is 2.25. The standard InChI is InChI=1S/C12H24N2O2/c1-7(2)11(13)12(16)14-9-5-4-8(3)10(15)6-9/h7-11,15H,4-6,13H2,1-3H3,(H,14,16). The van der Waals surface area contributed by atoms with E-state index in [0.717, 1.165) is 12.8 Å². The highest BCUT2D eigenvalue weighted by Gasteiger charge is 2.28. The van der Waals surface area contributed by atoms with E-state index in [9.17, 15) is 9.90 Å². The fourth-order valence-corrected chi connectivity index (χ4v) is 2.03. The third kappa shape index (κ3) is 3.46. The molecule has 94 valence electrons. The Labute approximate surface area is 97.6 Å². The molecule has 1 saturated carbocycles. The van der Waals surface area contributed by atoms with Crippen LogP contribution in [0, 0.1) is 11.8 Å². The molecule has 1 aliphatic rings. The molecular formula is C12H24N2O2. The van der Waals surface area contributed by atoms with Gasteiger partial charge in [-0.3, -0.25) is 4.79 Å². The van der Waals surface area contributed by atoms with Crippen molar-refractivity contribution in [3.8, 4) is 0 Å². The van der Waals surface area contributed by atoms with Crippen LogP contribution in [-0.2, 0) is 4.79 Å². The summed E-state index contributed by atoms with van der Waals surface area (Å²) in [5.74, 6) is 0.390. The number of carbonyl (C=O) groups excluding carboxylic acids is 1. The zero-order valence-electron chi connectivity index (χ0n) is 10.4. The van der Waals surface area contributed by atoms with E-state index < -0.39 is 6.04 Å². The molecule has 1 rings (SSSR count). The van der Waals surface area contributed by atoms with Crippen molar-refractivity contribution < 1.29 is 9.90 Å². The largest absolute Gasteiger partial charge is 0.393 e. The van der Waals surface area contributed by atoms with Crippen LogP contribution >= 0.6 is 0 Å². The predicted molar refractivity (Wildman–Crippen MR) is 63.8 cm³/mol. The highest BCUT2D eigenvalue weighted by atomic mass is 16.3. The summed E-state index contributed by atoms with van der Waals surface area (Å²) in [6.45, 7) is 5.91. The minimum atomic E-state index is -0.448. The number of hydrogen-bond donors (Lipinski definition) is 3. The van der Waals surface area contributed by atoms with E-state index in [1.165, 1.54) is 0 Å². The van der Waals surface area contributed by atoms with Gasteiger partial charge >= 0.3 is 0 Å². The third-order valence-electron chi connectivity index (χ3n) is 3.52. The summed E-state index contributed by atoms with van der Waals surface area (Å²) in [6, 6.07) is -0.361. The normalized spacial score (nSPS) is 32.5. The molecule has 0 saturated heterocycles. The topological polar surface area (TPSA) is 75.4 Å². The summed E-state index contributed by atoms with van der Waals surface area (Å²) < 4.78 is 0. The number of carbonyl (C=O) groups is 1. The first-order valence-corrected chi connectivity index (χ1v) is 6.15. The van der Waals surface area contributed by atoms with Crippen LogP contribution in [-0.4, -0.2) is 29.2 Å². The van der Waals surface area contributed by atoms with E-state index in [2.05, 4.69) is 5.32 Å². The van der Waals surface area contributed by atoms with Gasteiger partial charge in [0.25, 0.3) is 0 Å². The van der Waals surface area contributed by atoms with E-state index in [1.807, 2.05) is 20.8 Å². The van der Waals surface area contributed by atoms with Gasteiger partial charge in [0.15, 0.2) is 0 Å². The van der Waals surface area contributed by atoms with E-state index >= 15 is 0 Å². The average Bonchev–Trinajstić information content (AvgIpc) is 2.22. The molecule has 0 radical (unpaired) electrons. The molecule has 1 aliphatic carbocycles. The van der Waals surface area contributed by atoms with Gasteiger partial charge in [0.05, 0.1) is 12.1 Å². The van der Waals surface area contributed by atoms with Crippen molar-refractivity contribution in [2.75, 3.05) is 0 Å². The second-order valence-electron chi connectivity index (χ2n) is 5.33. The lowest BCUT2D eigenvalue weighted by Gasteiger charge is -2.32. The van der Waals surface area contributed by atoms with Crippen molar-refractivity contribution in [2.45, 2.75) is 58.2 Å². The second kappa shape index (κ2) is 5.64. The number of amides is 1. The van der Waals surface area contributed by atoms with Crippen LogP contribution in [0.15, 0.2) is 0 Å². The summed E-state index contributed by atoms with van der Waals surface area (Å²) in [7, 11) is 0. The summed E-state index contributed by atoms with van der Waals surface area (Å²) >= 11 is 0. The number of rotatable bonds is 3. The average molecular weight is 228 g/mol. The highest BCUT2D eigenvalue weighted by molar-refractivity contribution is 5.82. The molecule has 4 nitrogen and oxygen atoms in total. The van der Waals surface area contributed by atoms with E-state index in [0.29, 0.717) is 12.3 Å². The van der Waals surface area contributed by atoms with E-state index in [-0.39, 0.29) is 24.0 Å². The molecule has 0 bridgehead atoms. The molecule has 4 atom stereocenters. The number of aliphatic hydroxyl groups is 1. The van der Waals surface area contributed by atoms with Gasteiger partial charge in [0, 0.05) is 6.04 Å². The Morgan fingerprint density at radius 1 is 1.44 bits per heavy atom. The van der Waals surface area contributed by atoms with E-state index in [1.54, 1.807) is 0 Å². The first kappa shape index (κ1) is 13.5. The monoisotopic (exact) mass is 228 g/mol. The lowest BCUT2D eigenvalue weighted by Crippen LogP contribution is -2.50. The van der Waals surface area contributed by atoms with Crippen LogP contribution in [0.4, 0.5) is 0 Å². The maximum absolute atomic E-state index is 11.7. The van der Waals surface area contributed by atoms with Crippen LogP contribution < -0.4 is 11.1 Å². The first-order chi connectivity index (χ1) is 7.41. The van der Waals surface area contributed by atoms with Crippen LogP contribution in [0.25, 0.3) is 0 Å². The fourth-order valence-electron chi connectivity index (χ4n) is 2.03. The SMILES string of the molecule is CC(C)C(N)C(=O)NC1CCC(C)C(O)C1. The summed E-state index contributed by atoms with van der Waals surface area (Å²) in [5.41, 5.74) is 5.76. The van der Waals surface area contributed by atoms with Crippen LogP contribution in [0.2, 0.25) is 0 Å². The molecule has 0 aromatic heterocycles. The van der Waals surface area contributed by atoms with Crippen molar-refractivity contribution in [3.63, 3.8) is 0 Å². The van der Waals surface area contributed by atoms with Crippen molar-refractivity contribution in [1.29, 1.82) is 0 Å². The highest BCUT2D eigenvalue weighted by Crippen LogP contribution is 2.24. The molecule has 1 amide bonds. The molecule has 0 spiro atoms. The first-order valence-electron chi connectivity index (χ1n) is 6.15. The molecule has 4 heteroatoms. The Balaban J connectivity index is 2.40. The number of hydrogen-bond acceptors (Lipinski definition) is 3.